The molecular weight excluding hydrogens is 315 g/mol. The van der Waals surface area contributed by atoms with Crippen LogP contribution in [0.3, 0.4) is 0 Å². The van der Waals surface area contributed by atoms with Crippen molar-refractivity contribution in [1.82, 2.24) is 4.31 Å². The molecule has 21 heavy (non-hydrogen) atoms. The van der Waals surface area contributed by atoms with Gasteiger partial charge in [-0.1, -0.05) is 29.8 Å². The molecule has 0 radical (unpaired) electrons. The molecule has 0 amide bonds. The molecule has 2 aromatic rings. The van der Waals surface area contributed by atoms with Crippen LogP contribution >= 0.6 is 11.6 Å². The second-order valence-corrected chi connectivity index (χ2v) is 6.99. The van der Waals surface area contributed by atoms with Gasteiger partial charge in [0, 0.05) is 18.6 Å². The molecule has 0 saturated heterocycles. The molecular formula is C14H14ClFN2O2S. The Morgan fingerprint density at radius 3 is 2.57 bits per heavy atom. The number of hydrogen-bond donors (Lipinski definition) is 1. The van der Waals surface area contributed by atoms with Gasteiger partial charge in [0.25, 0.3) is 0 Å². The number of para-hydroxylation sites is 1. The van der Waals surface area contributed by atoms with Crippen molar-refractivity contribution in [2.75, 3.05) is 12.8 Å². The number of rotatable bonds is 4. The maximum atomic E-state index is 13.4. The first kappa shape index (κ1) is 15.8. The number of halogens is 2. The van der Waals surface area contributed by atoms with Gasteiger partial charge in [-0.25, -0.2) is 12.8 Å². The summed E-state index contributed by atoms with van der Waals surface area (Å²) in [6.07, 6.45) is 0. The van der Waals surface area contributed by atoms with Crippen molar-refractivity contribution >= 4 is 27.3 Å². The van der Waals surface area contributed by atoms with E-state index in [0.29, 0.717) is 5.02 Å². The van der Waals surface area contributed by atoms with Gasteiger partial charge in [-0.05, 0) is 29.8 Å². The normalized spacial score (nSPS) is 11.8. The number of anilines is 1. The maximum Gasteiger partial charge on any atom is 0.245 e. The van der Waals surface area contributed by atoms with E-state index in [1.165, 1.54) is 19.2 Å². The number of nitrogen functional groups attached to an aromatic ring is 1. The van der Waals surface area contributed by atoms with Gasteiger partial charge in [0.15, 0.2) is 0 Å². The third-order valence-corrected chi connectivity index (χ3v) is 5.09. The Labute approximate surface area is 128 Å². The second-order valence-electron chi connectivity index (χ2n) is 4.54. The van der Waals surface area contributed by atoms with Crippen molar-refractivity contribution in [1.29, 1.82) is 0 Å². The molecule has 2 rings (SSSR count). The molecule has 0 aliphatic carbocycles. The van der Waals surface area contributed by atoms with E-state index in [2.05, 4.69) is 0 Å². The Balaban J connectivity index is 2.33. The Hall–Kier alpha value is -1.63. The molecule has 7 heteroatoms. The number of nitrogens with two attached hydrogens (primary N) is 1. The van der Waals surface area contributed by atoms with Gasteiger partial charge < -0.3 is 5.73 Å². The summed E-state index contributed by atoms with van der Waals surface area (Å²) in [4.78, 5) is -0.243. The lowest BCUT2D eigenvalue weighted by Crippen LogP contribution is -2.27. The van der Waals surface area contributed by atoms with E-state index < -0.39 is 15.8 Å². The molecule has 0 aromatic heterocycles. The highest BCUT2D eigenvalue weighted by Gasteiger charge is 2.24. The molecule has 0 atom stereocenters. The van der Waals surface area contributed by atoms with Crippen LogP contribution in [0.5, 0.6) is 0 Å². The Morgan fingerprint density at radius 2 is 1.90 bits per heavy atom. The zero-order chi connectivity index (χ0) is 15.6. The van der Waals surface area contributed by atoms with Gasteiger partial charge in [0.05, 0.1) is 5.69 Å². The van der Waals surface area contributed by atoms with Gasteiger partial charge in [-0.15, -0.1) is 0 Å². The van der Waals surface area contributed by atoms with E-state index in [0.717, 1.165) is 15.9 Å². The molecule has 2 N–H and O–H groups in total. The summed E-state index contributed by atoms with van der Waals surface area (Å²) in [5.74, 6) is -0.757. The minimum absolute atomic E-state index is 0.110. The van der Waals surface area contributed by atoms with E-state index in [1.54, 1.807) is 24.3 Å². The Morgan fingerprint density at radius 1 is 1.24 bits per heavy atom. The summed E-state index contributed by atoms with van der Waals surface area (Å²) in [5.41, 5.74) is 5.87. The summed E-state index contributed by atoms with van der Waals surface area (Å²) in [5, 5.41) is 0.517. The lowest BCUT2D eigenvalue weighted by atomic mass is 10.2. The highest BCUT2D eigenvalue weighted by atomic mass is 35.5. The molecule has 112 valence electrons. The number of hydrogen-bond acceptors (Lipinski definition) is 3. The van der Waals surface area contributed by atoms with Crippen molar-refractivity contribution in [3.05, 3.63) is 58.9 Å². The van der Waals surface area contributed by atoms with Crippen molar-refractivity contribution in [3.8, 4) is 0 Å². The van der Waals surface area contributed by atoms with Crippen LogP contribution in [-0.4, -0.2) is 19.8 Å². The van der Waals surface area contributed by atoms with Crippen LogP contribution in [0, 0.1) is 5.82 Å². The zero-order valence-corrected chi connectivity index (χ0v) is 12.8. The van der Waals surface area contributed by atoms with Gasteiger partial charge in [-0.3, -0.25) is 0 Å². The average Bonchev–Trinajstić information content (AvgIpc) is 2.41. The Bertz CT molecular complexity index is 765. The summed E-state index contributed by atoms with van der Waals surface area (Å²) in [6.45, 7) is 0.110. The van der Waals surface area contributed by atoms with Crippen molar-refractivity contribution in [2.24, 2.45) is 0 Å². The molecule has 0 spiro atoms. The van der Waals surface area contributed by atoms with Crippen LogP contribution in [0.4, 0.5) is 10.1 Å². The number of benzene rings is 2. The fourth-order valence-corrected chi connectivity index (χ4v) is 3.38. The van der Waals surface area contributed by atoms with Crippen LogP contribution in [0.25, 0.3) is 0 Å². The summed E-state index contributed by atoms with van der Waals surface area (Å²) in [7, 11) is -2.47. The molecule has 0 aliphatic rings. The van der Waals surface area contributed by atoms with Crippen molar-refractivity contribution < 1.29 is 12.8 Å². The predicted octanol–water partition coefficient (Wildman–Crippen LogP) is 2.88. The van der Waals surface area contributed by atoms with Gasteiger partial charge in [0.2, 0.25) is 10.0 Å². The third kappa shape index (κ3) is 3.34. The number of sulfonamides is 1. The van der Waals surface area contributed by atoms with Crippen LogP contribution in [0.2, 0.25) is 5.02 Å². The summed E-state index contributed by atoms with van der Waals surface area (Å²) in [6, 6.07) is 10.6. The quantitative estimate of drug-likeness (QED) is 0.878. The van der Waals surface area contributed by atoms with Crippen LogP contribution in [0.15, 0.2) is 47.4 Å². The summed E-state index contributed by atoms with van der Waals surface area (Å²) < 4.78 is 39.4. The van der Waals surface area contributed by atoms with Gasteiger partial charge >= 0.3 is 0 Å². The Kier molecular flexibility index (Phi) is 4.51. The minimum Gasteiger partial charge on any atom is -0.395 e. The fraction of sp³-hybridized carbons (Fsp3) is 0.143. The van der Waals surface area contributed by atoms with Crippen molar-refractivity contribution in [2.45, 2.75) is 11.4 Å². The van der Waals surface area contributed by atoms with Crippen LogP contribution in [0.1, 0.15) is 5.56 Å². The molecule has 4 nitrogen and oxygen atoms in total. The lowest BCUT2D eigenvalue weighted by molar-refractivity contribution is 0.466. The summed E-state index contributed by atoms with van der Waals surface area (Å²) >= 11 is 5.87. The zero-order valence-electron chi connectivity index (χ0n) is 11.3. The molecule has 0 bridgehead atoms. The first-order chi connectivity index (χ1) is 9.82. The third-order valence-electron chi connectivity index (χ3n) is 3.00. The van der Waals surface area contributed by atoms with E-state index >= 15 is 0 Å². The highest BCUT2D eigenvalue weighted by Crippen LogP contribution is 2.25. The van der Waals surface area contributed by atoms with Crippen molar-refractivity contribution in [3.63, 3.8) is 0 Å². The SMILES string of the molecule is CN(Cc1cccc(Cl)c1)S(=O)(=O)c1cccc(F)c1N. The largest absolute Gasteiger partial charge is 0.395 e. The maximum absolute atomic E-state index is 13.4. The van der Waals surface area contributed by atoms with E-state index in [1.807, 2.05) is 0 Å². The molecule has 0 heterocycles. The van der Waals surface area contributed by atoms with Crippen LogP contribution in [-0.2, 0) is 16.6 Å². The highest BCUT2D eigenvalue weighted by molar-refractivity contribution is 7.89. The molecule has 0 saturated carbocycles. The van der Waals surface area contributed by atoms with E-state index in [9.17, 15) is 12.8 Å². The standard InChI is InChI=1S/C14H14ClFN2O2S/c1-18(9-10-4-2-5-11(15)8-10)21(19,20)13-7-3-6-12(16)14(13)17/h2-8H,9,17H2,1H3. The molecule has 0 aliphatic heterocycles. The first-order valence-corrected chi connectivity index (χ1v) is 7.89. The van der Waals surface area contributed by atoms with Gasteiger partial charge in [0.1, 0.15) is 10.7 Å². The van der Waals surface area contributed by atoms with E-state index in [-0.39, 0.29) is 17.1 Å². The van der Waals surface area contributed by atoms with E-state index in [4.69, 9.17) is 17.3 Å². The monoisotopic (exact) mass is 328 g/mol. The number of nitrogens with zero attached hydrogens (tertiary/aromatic N) is 1. The minimum atomic E-state index is -3.88. The topological polar surface area (TPSA) is 63.4 Å². The van der Waals surface area contributed by atoms with Gasteiger partial charge in [-0.2, -0.15) is 4.31 Å². The second kappa shape index (κ2) is 6.01. The molecule has 0 fully saturated rings. The van der Waals surface area contributed by atoms with Crippen LogP contribution < -0.4 is 5.73 Å². The lowest BCUT2D eigenvalue weighted by Gasteiger charge is -2.18. The molecule has 0 unspecified atom stereocenters. The average molecular weight is 329 g/mol. The fourth-order valence-electron chi connectivity index (χ4n) is 1.89. The first-order valence-electron chi connectivity index (χ1n) is 6.07. The predicted molar refractivity (Wildman–Crippen MR) is 80.9 cm³/mol. The smallest absolute Gasteiger partial charge is 0.245 e. The molecule has 2 aromatic carbocycles.